The van der Waals surface area contributed by atoms with Crippen molar-refractivity contribution in [2.75, 3.05) is 19.7 Å². The highest BCUT2D eigenvalue weighted by Gasteiger charge is 2.27. The van der Waals surface area contributed by atoms with Crippen LogP contribution in [0, 0.1) is 12.8 Å². The van der Waals surface area contributed by atoms with Crippen LogP contribution in [0.15, 0.2) is 48.5 Å². The molecule has 2 aromatic carbocycles. The lowest BCUT2D eigenvalue weighted by Gasteiger charge is -2.32. The summed E-state index contributed by atoms with van der Waals surface area (Å²) in [5.41, 5.74) is 2.60. The number of rotatable bonds is 4. The highest BCUT2D eigenvalue weighted by molar-refractivity contribution is 6.04. The number of benzene rings is 2. The van der Waals surface area contributed by atoms with Gasteiger partial charge < -0.3 is 9.64 Å². The molecule has 1 aliphatic rings. The van der Waals surface area contributed by atoms with E-state index in [-0.39, 0.29) is 5.91 Å². The van der Waals surface area contributed by atoms with Gasteiger partial charge in [-0.05, 0) is 43.5 Å². The van der Waals surface area contributed by atoms with Gasteiger partial charge in [-0.25, -0.2) is 0 Å². The first kappa shape index (κ1) is 16.6. The number of carbonyl (C=O) groups excluding carboxylic acids is 1. The molecular weight excluding hydrogens is 326 g/mol. The molecule has 5 nitrogen and oxygen atoms in total. The second-order valence-corrected chi connectivity index (χ2v) is 7.00. The van der Waals surface area contributed by atoms with Crippen LogP contribution in [0.3, 0.4) is 0 Å². The molecule has 134 valence electrons. The Morgan fingerprint density at radius 2 is 2.15 bits per heavy atom. The van der Waals surface area contributed by atoms with Gasteiger partial charge in [0.25, 0.3) is 5.91 Å². The van der Waals surface area contributed by atoms with Gasteiger partial charge in [-0.1, -0.05) is 30.3 Å². The largest absolute Gasteiger partial charge is 0.493 e. The van der Waals surface area contributed by atoms with Crippen molar-refractivity contribution >= 4 is 16.8 Å². The van der Waals surface area contributed by atoms with Crippen LogP contribution in [-0.4, -0.2) is 40.7 Å². The van der Waals surface area contributed by atoms with Crippen LogP contribution in [0.5, 0.6) is 5.75 Å². The van der Waals surface area contributed by atoms with Crippen LogP contribution in [0.25, 0.3) is 10.9 Å². The van der Waals surface area contributed by atoms with Crippen molar-refractivity contribution in [2.24, 2.45) is 5.92 Å². The first-order chi connectivity index (χ1) is 12.7. The molecule has 26 heavy (non-hydrogen) atoms. The van der Waals surface area contributed by atoms with Gasteiger partial charge in [0, 0.05) is 24.4 Å². The predicted octanol–water partition coefficient (Wildman–Crippen LogP) is 3.80. The standard InChI is InChI=1S/C21H23N3O2/c1-15-6-4-8-17(12-15)26-14-16-7-5-11-24(13-16)21(25)20-18-9-2-3-10-19(18)22-23-20/h2-4,6,8-10,12,16H,5,7,11,13-14H2,1H3,(H,22,23)/t16-/m0/s1. The zero-order valence-corrected chi connectivity index (χ0v) is 14.9. The first-order valence-corrected chi connectivity index (χ1v) is 9.12. The Bertz CT molecular complexity index is 918. The molecule has 1 aliphatic heterocycles. The van der Waals surface area contributed by atoms with E-state index in [2.05, 4.69) is 23.2 Å². The molecule has 1 N–H and O–H groups in total. The fourth-order valence-electron chi connectivity index (χ4n) is 3.58. The number of H-pyrrole nitrogens is 1. The van der Waals surface area contributed by atoms with Gasteiger partial charge in [-0.15, -0.1) is 0 Å². The third kappa shape index (κ3) is 3.43. The average Bonchev–Trinajstić information content (AvgIpc) is 3.10. The molecule has 3 aromatic rings. The van der Waals surface area contributed by atoms with Crippen LogP contribution in [0.4, 0.5) is 0 Å². The zero-order valence-electron chi connectivity index (χ0n) is 14.9. The lowest BCUT2D eigenvalue weighted by Crippen LogP contribution is -2.41. The van der Waals surface area contributed by atoms with E-state index < -0.39 is 0 Å². The number of amides is 1. The maximum atomic E-state index is 12.9. The summed E-state index contributed by atoms with van der Waals surface area (Å²) in [4.78, 5) is 14.9. The summed E-state index contributed by atoms with van der Waals surface area (Å²) in [5, 5.41) is 8.09. The molecule has 0 radical (unpaired) electrons. The van der Waals surface area contributed by atoms with Crippen molar-refractivity contribution < 1.29 is 9.53 Å². The summed E-state index contributed by atoms with van der Waals surface area (Å²) in [7, 11) is 0. The number of para-hydroxylation sites is 1. The van der Waals surface area contributed by atoms with Gasteiger partial charge in [0.15, 0.2) is 5.69 Å². The van der Waals surface area contributed by atoms with Gasteiger partial charge in [0.2, 0.25) is 0 Å². The predicted molar refractivity (Wildman–Crippen MR) is 101 cm³/mol. The normalized spacial score (nSPS) is 17.4. The number of nitrogens with one attached hydrogen (secondary N) is 1. The third-order valence-corrected chi connectivity index (χ3v) is 4.95. The quantitative estimate of drug-likeness (QED) is 0.779. The maximum absolute atomic E-state index is 12.9. The lowest BCUT2D eigenvalue weighted by atomic mass is 9.98. The highest BCUT2D eigenvalue weighted by atomic mass is 16.5. The summed E-state index contributed by atoms with van der Waals surface area (Å²) < 4.78 is 5.96. The molecule has 1 saturated heterocycles. The van der Waals surface area contributed by atoms with Gasteiger partial charge in [-0.2, -0.15) is 5.10 Å². The van der Waals surface area contributed by atoms with E-state index in [1.54, 1.807) is 0 Å². The molecule has 1 atom stereocenters. The van der Waals surface area contributed by atoms with E-state index in [1.807, 2.05) is 47.4 Å². The summed E-state index contributed by atoms with van der Waals surface area (Å²) >= 11 is 0. The topological polar surface area (TPSA) is 58.2 Å². The molecule has 1 amide bonds. The minimum atomic E-state index is 0.00251. The zero-order chi connectivity index (χ0) is 17.9. The molecule has 0 unspecified atom stereocenters. The number of piperidine rings is 1. The van der Waals surface area contributed by atoms with Crippen LogP contribution >= 0.6 is 0 Å². The number of fused-ring (bicyclic) bond motifs is 1. The molecule has 0 spiro atoms. The van der Waals surface area contributed by atoms with Crippen molar-refractivity contribution in [3.8, 4) is 5.75 Å². The fourth-order valence-corrected chi connectivity index (χ4v) is 3.58. The van der Waals surface area contributed by atoms with Crippen molar-refractivity contribution in [3.63, 3.8) is 0 Å². The number of hydrogen-bond acceptors (Lipinski definition) is 3. The molecule has 5 heteroatoms. The number of ether oxygens (including phenoxy) is 1. The minimum absolute atomic E-state index is 0.00251. The molecular formula is C21H23N3O2. The molecule has 4 rings (SSSR count). The monoisotopic (exact) mass is 349 g/mol. The Morgan fingerprint density at radius 3 is 3.04 bits per heavy atom. The number of hydrogen-bond donors (Lipinski definition) is 1. The van der Waals surface area contributed by atoms with Gasteiger partial charge >= 0.3 is 0 Å². The fraction of sp³-hybridized carbons (Fsp3) is 0.333. The molecule has 0 bridgehead atoms. The third-order valence-electron chi connectivity index (χ3n) is 4.95. The SMILES string of the molecule is Cc1cccc(OC[C@H]2CCCN(C(=O)c3n[nH]c4ccccc34)C2)c1. The van der Waals surface area contributed by atoms with Gasteiger partial charge in [0.1, 0.15) is 5.75 Å². The van der Waals surface area contributed by atoms with Crippen LogP contribution in [0.1, 0.15) is 28.9 Å². The maximum Gasteiger partial charge on any atom is 0.275 e. The van der Waals surface area contributed by atoms with E-state index in [9.17, 15) is 4.79 Å². The van der Waals surface area contributed by atoms with E-state index in [0.29, 0.717) is 24.8 Å². The molecule has 1 aromatic heterocycles. The molecule has 2 heterocycles. The highest BCUT2D eigenvalue weighted by Crippen LogP contribution is 2.23. The molecule has 0 saturated carbocycles. The Hall–Kier alpha value is -2.82. The van der Waals surface area contributed by atoms with Crippen molar-refractivity contribution in [3.05, 3.63) is 59.8 Å². The number of likely N-dealkylation sites (tertiary alicyclic amines) is 1. The van der Waals surface area contributed by atoms with Crippen LogP contribution in [0.2, 0.25) is 0 Å². The number of nitrogens with zero attached hydrogens (tertiary/aromatic N) is 2. The average molecular weight is 349 g/mol. The Kier molecular flexibility index (Phi) is 4.61. The van der Waals surface area contributed by atoms with Crippen LogP contribution in [-0.2, 0) is 0 Å². The van der Waals surface area contributed by atoms with E-state index in [1.165, 1.54) is 5.56 Å². The number of aromatic nitrogens is 2. The first-order valence-electron chi connectivity index (χ1n) is 9.12. The van der Waals surface area contributed by atoms with Crippen molar-refractivity contribution in [1.29, 1.82) is 0 Å². The van der Waals surface area contributed by atoms with Crippen LogP contribution < -0.4 is 4.74 Å². The van der Waals surface area contributed by atoms with E-state index in [0.717, 1.165) is 36.0 Å². The van der Waals surface area contributed by atoms with Crippen molar-refractivity contribution in [1.82, 2.24) is 15.1 Å². The smallest absolute Gasteiger partial charge is 0.275 e. The summed E-state index contributed by atoms with van der Waals surface area (Å²) in [6.45, 7) is 4.18. The molecule has 0 aliphatic carbocycles. The summed E-state index contributed by atoms with van der Waals surface area (Å²) in [6, 6.07) is 15.8. The number of carbonyl (C=O) groups is 1. The number of aryl methyl sites for hydroxylation is 1. The Morgan fingerprint density at radius 1 is 1.27 bits per heavy atom. The van der Waals surface area contributed by atoms with Gasteiger partial charge in [-0.3, -0.25) is 9.89 Å². The van der Waals surface area contributed by atoms with Crippen molar-refractivity contribution in [2.45, 2.75) is 19.8 Å². The Labute approximate surface area is 153 Å². The van der Waals surface area contributed by atoms with E-state index in [4.69, 9.17) is 4.74 Å². The van der Waals surface area contributed by atoms with Gasteiger partial charge in [0.05, 0.1) is 12.1 Å². The number of aromatic amines is 1. The summed E-state index contributed by atoms with van der Waals surface area (Å²) in [6.07, 6.45) is 2.08. The second-order valence-electron chi connectivity index (χ2n) is 7.00. The minimum Gasteiger partial charge on any atom is -0.493 e. The summed E-state index contributed by atoms with van der Waals surface area (Å²) in [5.74, 6) is 1.24. The second kappa shape index (κ2) is 7.20. The lowest BCUT2D eigenvalue weighted by molar-refractivity contribution is 0.0629. The van der Waals surface area contributed by atoms with E-state index >= 15 is 0 Å². The Balaban J connectivity index is 1.42. The molecule has 1 fully saturated rings.